The molecule has 7 heteroatoms. The maximum absolute atomic E-state index is 12.7. The second kappa shape index (κ2) is 10.1. The van der Waals surface area contributed by atoms with Crippen LogP contribution in [0.4, 0.5) is 4.79 Å². The van der Waals surface area contributed by atoms with Crippen molar-refractivity contribution in [3.63, 3.8) is 0 Å². The number of nitrogens with one attached hydrogen (secondary N) is 1. The molecule has 1 saturated heterocycles. The minimum Gasteiger partial charge on any atom is -0.493 e. The third kappa shape index (κ3) is 4.92. The van der Waals surface area contributed by atoms with Crippen molar-refractivity contribution in [3.8, 4) is 5.75 Å². The van der Waals surface area contributed by atoms with Crippen LogP contribution in [0, 0.1) is 20.8 Å². The van der Waals surface area contributed by atoms with Crippen molar-refractivity contribution in [3.05, 3.63) is 34.6 Å². The Bertz CT molecular complexity index is 1030. The minimum atomic E-state index is -0.285. The van der Waals surface area contributed by atoms with Crippen LogP contribution in [0.2, 0.25) is 0 Å². The van der Waals surface area contributed by atoms with Crippen LogP contribution < -0.4 is 10.1 Å². The standard InChI is InChI=1S/C25H34N2O5/c1-7-30-23-17(5)24-21(16(4)18(6)32-24)14-20(23)15(3)13-22(28)26-19-9-11-27(12-10-19)25(29)31-8-2/h13-14,19H,7-12H2,1-6H3,(H,26,28)/b15-13+. The predicted molar refractivity (Wildman–Crippen MR) is 125 cm³/mol. The number of hydrogen-bond acceptors (Lipinski definition) is 5. The van der Waals surface area contributed by atoms with E-state index in [1.54, 1.807) is 17.9 Å². The van der Waals surface area contributed by atoms with E-state index in [0.29, 0.717) is 39.1 Å². The number of fused-ring (bicyclic) bond motifs is 1. The lowest BCUT2D eigenvalue weighted by Crippen LogP contribution is -2.46. The van der Waals surface area contributed by atoms with Crippen LogP contribution in [0.15, 0.2) is 16.6 Å². The molecule has 32 heavy (non-hydrogen) atoms. The lowest BCUT2D eigenvalue weighted by molar-refractivity contribution is -0.117. The second-order valence-corrected chi connectivity index (χ2v) is 8.27. The van der Waals surface area contributed by atoms with E-state index < -0.39 is 0 Å². The molecule has 3 rings (SSSR count). The Morgan fingerprint density at radius 1 is 1.16 bits per heavy atom. The first kappa shape index (κ1) is 23.7. The Morgan fingerprint density at radius 3 is 2.47 bits per heavy atom. The van der Waals surface area contributed by atoms with E-state index in [9.17, 15) is 9.59 Å². The first-order valence-electron chi connectivity index (χ1n) is 11.3. The molecule has 0 radical (unpaired) electrons. The zero-order chi connectivity index (χ0) is 23.4. The number of likely N-dealkylation sites (tertiary alicyclic amines) is 1. The van der Waals surface area contributed by atoms with Gasteiger partial charge in [0, 0.05) is 41.7 Å². The van der Waals surface area contributed by atoms with E-state index in [-0.39, 0.29) is 18.0 Å². The smallest absolute Gasteiger partial charge is 0.409 e. The Morgan fingerprint density at radius 2 is 1.84 bits per heavy atom. The average Bonchev–Trinajstić information content (AvgIpc) is 3.04. The van der Waals surface area contributed by atoms with Crippen molar-refractivity contribution in [1.29, 1.82) is 0 Å². The van der Waals surface area contributed by atoms with Crippen molar-refractivity contribution >= 4 is 28.5 Å². The molecule has 1 N–H and O–H groups in total. The number of hydrogen-bond donors (Lipinski definition) is 1. The quantitative estimate of drug-likeness (QED) is 0.644. The summed E-state index contributed by atoms with van der Waals surface area (Å²) in [4.78, 5) is 26.3. The third-order valence-corrected chi connectivity index (χ3v) is 6.07. The van der Waals surface area contributed by atoms with Gasteiger partial charge in [-0.05, 0) is 71.6 Å². The summed E-state index contributed by atoms with van der Waals surface area (Å²) < 4.78 is 17.0. The molecule has 1 aromatic heterocycles. The predicted octanol–water partition coefficient (Wildman–Crippen LogP) is 4.90. The highest BCUT2D eigenvalue weighted by atomic mass is 16.6. The van der Waals surface area contributed by atoms with Gasteiger partial charge in [-0.15, -0.1) is 0 Å². The van der Waals surface area contributed by atoms with Gasteiger partial charge in [0.15, 0.2) is 0 Å². The van der Waals surface area contributed by atoms with E-state index in [1.807, 2.05) is 34.6 Å². The van der Waals surface area contributed by atoms with Crippen molar-refractivity contribution in [1.82, 2.24) is 10.2 Å². The molecule has 0 bridgehead atoms. The number of carbonyl (C=O) groups excluding carboxylic acids is 2. The molecule has 1 aromatic carbocycles. The Balaban J connectivity index is 1.76. The van der Waals surface area contributed by atoms with Gasteiger partial charge in [0.25, 0.3) is 0 Å². The highest BCUT2D eigenvalue weighted by Gasteiger charge is 2.24. The van der Waals surface area contributed by atoms with Crippen molar-refractivity contribution in [2.75, 3.05) is 26.3 Å². The summed E-state index contributed by atoms with van der Waals surface area (Å²) in [6.45, 7) is 13.7. The first-order valence-corrected chi connectivity index (χ1v) is 11.3. The number of furan rings is 1. The van der Waals surface area contributed by atoms with Gasteiger partial charge in [0.1, 0.15) is 17.1 Å². The number of rotatable bonds is 6. The van der Waals surface area contributed by atoms with Gasteiger partial charge in [-0.25, -0.2) is 4.79 Å². The number of amides is 2. The maximum Gasteiger partial charge on any atom is 0.409 e. The fourth-order valence-corrected chi connectivity index (χ4v) is 4.17. The summed E-state index contributed by atoms with van der Waals surface area (Å²) in [6, 6.07) is 2.09. The lowest BCUT2D eigenvalue weighted by Gasteiger charge is -2.31. The molecule has 7 nitrogen and oxygen atoms in total. The molecular formula is C25H34N2O5. The molecule has 0 unspecified atom stereocenters. The molecule has 2 aromatic rings. The number of allylic oxidation sites excluding steroid dienone is 1. The minimum absolute atomic E-state index is 0.0339. The summed E-state index contributed by atoms with van der Waals surface area (Å²) in [7, 11) is 0. The monoisotopic (exact) mass is 442 g/mol. The Kier molecular flexibility index (Phi) is 7.48. The molecular weight excluding hydrogens is 408 g/mol. The maximum atomic E-state index is 12.7. The molecule has 2 amide bonds. The van der Waals surface area contributed by atoms with Crippen molar-refractivity contribution in [2.24, 2.45) is 0 Å². The summed E-state index contributed by atoms with van der Waals surface area (Å²) in [6.07, 6.45) is 2.76. The fraction of sp³-hybridized carbons (Fsp3) is 0.520. The number of piperidine rings is 1. The third-order valence-electron chi connectivity index (χ3n) is 6.07. The van der Waals surface area contributed by atoms with Crippen LogP contribution in [0.3, 0.4) is 0 Å². The molecule has 0 saturated carbocycles. The second-order valence-electron chi connectivity index (χ2n) is 8.27. The number of benzene rings is 1. The van der Waals surface area contributed by atoms with Gasteiger partial charge in [-0.2, -0.15) is 0 Å². The topological polar surface area (TPSA) is 81.0 Å². The molecule has 0 spiro atoms. The number of nitrogens with zero attached hydrogens (tertiary/aromatic N) is 1. The highest BCUT2D eigenvalue weighted by Crippen LogP contribution is 2.38. The largest absolute Gasteiger partial charge is 0.493 e. The number of carbonyl (C=O) groups is 2. The molecule has 1 aliphatic rings. The number of aryl methyl sites for hydroxylation is 3. The molecule has 0 atom stereocenters. The summed E-state index contributed by atoms with van der Waals surface area (Å²) >= 11 is 0. The zero-order valence-electron chi connectivity index (χ0n) is 20.0. The SMILES string of the molecule is CCOC(=O)N1CCC(NC(=O)/C=C(\C)c2cc3c(C)c(C)oc3c(C)c2OCC)CC1. The van der Waals surface area contributed by atoms with Gasteiger partial charge >= 0.3 is 6.09 Å². The first-order chi connectivity index (χ1) is 15.3. The number of ether oxygens (including phenoxy) is 2. The van der Waals surface area contributed by atoms with Gasteiger partial charge < -0.3 is 24.1 Å². The van der Waals surface area contributed by atoms with Gasteiger partial charge in [0.05, 0.1) is 13.2 Å². The Labute approximate surface area is 189 Å². The molecule has 1 fully saturated rings. The van der Waals surface area contributed by atoms with Crippen LogP contribution in [0.5, 0.6) is 5.75 Å². The normalized spacial score (nSPS) is 15.2. The van der Waals surface area contributed by atoms with Crippen LogP contribution in [0.1, 0.15) is 56.1 Å². The molecule has 0 aliphatic carbocycles. The van der Waals surface area contributed by atoms with E-state index in [1.165, 1.54) is 0 Å². The fourth-order valence-electron chi connectivity index (χ4n) is 4.17. The van der Waals surface area contributed by atoms with Crippen molar-refractivity contribution in [2.45, 2.75) is 60.4 Å². The summed E-state index contributed by atoms with van der Waals surface area (Å²) in [5.41, 5.74) is 4.59. The lowest BCUT2D eigenvalue weighted by atomic mass is 9.98. The van der Waals surface area contributed by atoms with Crippen molar-refractivity contribution < 1.29 is 23.5 Å². The van der Waals surface area contributed by atoms with Gasteiger partial charge in [-0.1, -0.05) is 0 Å². The summed E-state index contributed by atoms with van der Waals surface area (Å²) in [5, 5.41) is 4.12. The van der Waals surface area contributed by atoms with Crippen LogP contribution in [-0.2, 0) is 9.53 Å². The highest BCUT2D eigenvalue weighted by molar-refractivity contribution is 5.98. The van der Waals surface area contributed by atoms with E-state index in [4.69, 9.17) is 13.9 Å². The van der Waals surface area contributed by atoms with Crippen LogP contribution in [-0.4, -0.2) is 49.2 Å². The average molecular weight is 443 g/mol. The Hall–Kier alpha value is -2.96. The molecule has 1 aliphatic heterocycles. The van der Waals surface area contributed by atoms with E-state index >= 15 is 0 Å². The molecule has 2 heterocycles. The zero-order valence-corrected chi connectivity index (χ0v) is 20.0. The summed E-state index contributed by atoms with van der Waals surface area (Å²) in [5.74, 6) is 1.49. The molecule has 174 valence electrons. The van der Waals surface area contributed by atoms with Crippen LogP contribution in [0.25, 0.3) is 16.5 Å². The van der Waals surface area contributed by atoms with Gasteiger partial charge in [0.2, 0.25) is 5.91 Å². The van der Waals surface area contributed by atoms with Crippen LogP contribution >= 0.6 is 0 Å². The van der Waals surface area contributed by atoms with E-state index in [0.717, 1.165) is 44.7 Å². The van der Waals surface area contributed by atoms with Gasteiger partial charge in [-0.3, -0.25) is 4.79 Å². The van der Waals surface area contributed by atoms with E-state index in [2.05, 4.69) is 11.4 Å².